The summed E-state index contributed by atoms with van der Waals surface area (Å²) in [7, 11) is 0. The van der Waals surface area contributed by atoms with Crippen LogP contribution in [0.15, 0.2) is 11.1 Å². The maximum atomic E-state index is 14.2. The maximum Gasteiger partial charge on any atom is 0.164 e. The Bertz CT molecular complexity index is 1120. The second-order valence-corrected chi connectivity index (χ2v) is 15.2. The summed E-state index contributed by atoms with van der Waals surface area (Å²) < 4.78 is 46.5. The SMILES string of the molecule is CC1=C2[C@H]3OC(C)(C)O[C@@H]3[C@]3(C)CC[C@H]4OC[C@@]4(O)[C@H]3[C@H](OC3CCCCO3)[C@](OC3CCCCO3)(CC1=O)C2(C)C. The van der Waals surface area contributed by atoms with E-state index >= 15 is 0 Å². The molecular formula is C33H50O9. The van der Waals surface area contributed by atoms with E-state index in [-0.39, 0.29) is 24.9 Å². The number of rotatable bonds is 4. The number of carbonyl (C=O) groups excluding carboxylic acids is 1. The minimum atomic E-state index is -1.18. The lowest BCUT2D eigenvalue weighted by Crippen LogP contribution is -2.79. The summed E-state index contributed by atoms with van der Waals surface area (Å²) in [6, 6.07) is 0. The number of Topliss-reactive ketones (excluding diaryl/α,β-unsaturated/α-hetero) is 1. The van der Waals surface area contributed by atoms with Gasteiger partial charge in [-0.25, -0.2) is 0 Å². The fourth-order valence-electron chi connectivity index (χ4n) is 9.74. The summed E-state index contributed by atoms with van der Waals surface area (Å²) in [5.74, 6) is -1.33. The number of fused-ring (bicyclic) bond motifs is 8. The van der Waals surface area contributed by atoms with Crippen LogP contribution in [0.4, 0.5) is 0 Å². The first-order valence-corrected chi connectivity index (χ1v) is 16.3. The fraction of sp³-hybridized carbons (Fsp3) is 0.909. The van der Waals surface area contributed by atoms with Crippen LogP contribution in [0.5, 0.6) is 0 Å². The average Bonchev–Trinajstić information content (AvgIpc) is 3.26. The predicted octanol–water partition coefficient (Wildman–Crippen LogP) is 4.58. The molecule has 4 heterocycles. The molecule has 2 saturated carbocycles. The molecule has 0 aromatic carbocycles. The third-order valence-electron chi connectivity index (χ3n) is 12.0. The average molecular weight is 591 g/mol. The van der Waals surface area contributed by atoms with E-state index in [1.807, 2.05) is 20.8 Å². The number of allylic oxidation sites excluding steroid dienone is 1. The van der Waals surface area contributed by atoms with Gasteiger partial charge in [0, 0.05) is 36.4 Å². The van der Waals surface area contributed by atoms with Gasteiger partial charge < -0.3 is 38.3 Å². The van der Waals surface area contributed by atoms with Crippen LogP contribution in [-0.4, -0.2) is 84.7 Å². The van der Waals surface area contributed by atoms with E-state index in [0.29, 0.717) is 25.2 Å². The minimum absolute atomic E-state index is 0.0122. The van der Waals surface area contributed by atoms with Crippen molar-refractivity contribution < 1.29 is 43.1 Å². The van der Waals surface area contributed by atoms with Crippen LogP contribution < -0.4 is 0 Å². The van der Waals surface area contributed by atoms with E-state index in [1.165, 1.54) is 0 Å². The molecule has 0 aromatic rings. The maximum absolute atomic E-state index is 14.2. The van der Waals surface area contributed by atoms with Gasteiger partial charge in [0.15, 0.2) is 24.2 Å². The standard InChI is InChI=1S/C33H50O9/c1-19-20(34)17-33(40-23-12-8-10-16-37-23)28(39-22-11-7-9-15-36-22)26-31(6,14-13-21-32(26,35)18-38-21)27-25(24(19)29(33,2)3)41-30(4,5)42-27/h21-23,25-28,35H,7-18H2,1-6H3/t21-,22?,23?,25-,26+,27+,28+,31-,32+,33-/m1/s1. The van der Waals surface area contributed by atoms with Crippen molar-refractivity contribution in [2.45, 2.75) is 153 Å². The van der Waals surface area contributed by atoms with Crippen molar-refractivity contribution in [3.05, 3.63) is 11.1 Å². The van der Waals surface area contributed by atoms with E-state index in [2.05, 4.69) is 20.8 Å². The summed E-state index contributed by atoms with van der Waals surface area (Å²) in [5, 5.41) is 12.6. The largest absolute Gasteiger partial charge is 0.384 e. The van der Waals surface area contributed by atoms with Crippen molar-refractivity contribution in [2.75, 3.05) is 19.8 Å². The van der Waals surface area contributed by atoms with Crippen LogP contribution >= 0.6 is 0 Å². The molecule has 42 heavy (non-hydrogen) atoms. The highest BCUT2D eigenvalue weighted by Crippen LogP contribution is 2.67. The Hall–Kier alpha value is -0.910. The van der Waals surface area contributed by atoms with E-state index in [1.54, 1.807) is 0 Å². The molecule has 0 amide bonds. The van der Waals surface area contributed by atoms with Crippen molar-refractivity contribution in [2.24, 2.45) is 16.7 Å². The van der Waals surface area contributed by atoms with Gasteiger partial charge in [-0.15, -0.1) is 0 Å². The van der Waals surface area contributed by atoms with Crippen molar-refractivity contribution in [3.63, 3.8) is 0 Å². The fourth-order valence-corrected chi connectivity index (χ4v) is 9.74. The monoisotopic (exact) mass is 590 g/mol. The molecule has 9 heteroatoms. The van der Waals surface area contributed by atoms with Crippen LogP contribution in [0.2, 0.25) is 0 Å². The Labute approximate surface area is 249 Å². The third kappa shape index (κ3) is 4.21. The van der Waals surface area contributed by atoms with Crippen LogP contribution in [0.1, 0.15) is 99.3 Å². The van der Waals surface area contributed by atoms with Gasteiger partial charge >= 0.3 is 0 Å². The van der Waals surface area contributed by atoms with Gasteiger partial charge in [-0.2, -0.15) is 0 Å². The Morgan fingerprint density at radius 1 is 0.881 bits per heavy atom. The van der Waals surface area contributed by atoms with Gasteiger partial charge in [0.25, 0.3) is 0 Å². The molecule has 4 saturated heterocycles. The lowest BCUT2D eigenvalue weighted by molar-refractivity contribution is -0.378. The zero-order valence-electron chi connectivity index (χ0n) is 26.2. The molecule has 10 atom stereocenters. The summed E-state index contributed by atoms with van der Waals surface area (Å²) in [4.78, 5) is 14.2. The summed E-state index contributed by atoms with van der Waals surface area (Å²) >= 11 is 0. The molecule has 0 spiro atoms. The lowest BCUT2D eigenvalue weighted by Gasteiger charge is -2.68. The summed E-state index contributed by atoms with van der Waals surface area (Å²) in [6.07, 6.45) is 4.23. The van der Waals surface area contributed by atoms with Gasteiger partial charge in [0.05, 0.1) is 24.9 Å². The second kappa shape index (κ2) is 10.0. The second-order valence-electron chi connectivity index (χ2n) is 15.2. The molecule has 3 aliphatic carbocycles. The quantitative estimate of drug-likeness (QED) is 0.504. The van der Waals surface area contributed by atoms with Gasteiger partial charge in [-0.05, 0) is 83.3 Å². The van der Waals surface area contributed by atoms with E-state index in [0.717, 1.165) is 50.5 Å². The minimum Gasteiger partial charge on any atom is -0.384 e. The molecule has 2 unspecified atom stereocenters. The molecule has 9 nitrogen and oxygen atoms in total. The van der Waals surface area contributed by atoms with Gasteiger partial charge in [-0.1, -0.05) is 20.8 Å². The highest BCUT2D eigenvalue weighted by molar-refractivity contribution is 5.98. The number of ketones is 1. The molecule has 6 fully saturated rings. The molecule has 7 rings (SSSR count). The Morgan fingerprint density at radius 3 is 2.19 bits per heavy atom. The molecular weight excluding hydrogens is 540 g/mol. The zero-order chi connectivity index (χ0) is 29.7. The highest BCUT2D eigenvalue weighted by atomic mass is 16.8. The van der Waals surface area contributed by atoms with Crippen LogP contribution in [-0.2, 0) is 38.0 Å². The Morgan fingerprint density at radius 2 is 1.57 bits per heavy atom. The Balaban J connectivity index is 1.48. The Kier molecular flexibility index (Phi) is 7.12. The summed E-state index contributed by atoms with van der Waals surface area (Å²) in [5.41, 5.74) is -1.99. The van der Waals surface area contributed by atoms with Crippen LogP contribution in [0.25, 0.3) is 0 Å². The van der Waals surface area contributed by atoms with Crippen molar-refractivity contribution >= 4 is 5.78 Å². The van der Waals surface area contributed by atoms with Crippen molar-refractivity contribution in [1.82, 2.24) is 0 Å². The molecule has 7 aliphatic rings. The lowest BCUT2D eigenvalue weighted by atomic mass is 9.45. The molecule has 4 aliphatic heterocycles. The molecule has 1 N–H and O–H groups in total. The highest BCUT2D eigenvalue weighted by Gasteiger charge is 2.76. The first-order valence-electron chi connectivity index (χ1n) is 16.3. The van der Waals surface area contributed by atoms with Gasteiger partial charge in [-0.3, -0.25) is 4.79 Å². The van der Waals surface area contributed by atoms with E-state index in [9.17, 15) is 9.90 Å². The molecule has 0 radical (unpaired) electrons. The predicted molar refractivity (Wildman–Crippen MR) is 151 cm³/mol. The van der Waals surface area contributed by atoms with Gasteiger partial charge in [0.2, 0.25) is 0 Å². The summed E-state index contributed by atoms with van der Waals surface area (Å²) in [6.45, 7) is 13.8. The van der Waals surface area contributed by atoms with Crippen molar-refractivity contribution in [1.29, 1.82) is 0 Å². The first-order chi connectivity index (χ1) is 19.8. The van der Waals surface area contributed by atoms with Crippen molar-refractivity contribution in [3.8, 4) is 0 Å². The number of ether oxygens (including phenoxy) is 7. The third-order valence-corrected chi connectivity index (χ3v) is 12.0. The van der Waals surface area contributed by atoms with Crippen LogP contribution in [0.3, 0.4) is 0 Å². The van der Waals surface area contributed by atoms with E-state index < -0.39 is 64.6 Å². The normalized spacial score (nSPS) is 49.7. The topological polar surface area (TPSA) is 102 Å². The first kappa shape index (κ1) is 29.8. The zero-order valence-corrected chi connectivity index (χ0v) is 26.2. The molecule has 236 valence electrons. The van der Waals surface area contributed by atoms with E-state index in [4.69, 9.17) is 33.2 Å². The number of aliphatic hydroxyl groups is 1. The number of hydrogen-bond donors (Lipinski definition) is 1. The molecule has 0 aromatic heterocycles. The molecule has 2 bridgehead atoms. The van der Waals surface area contributed by atoms with Crippen LogP contribution in [0, 0.1) is 16.7 Å². The smallest absolute Gasteiger partial charge is 0.164 e. The van der Waals surface area contributed by atoms with Gasteiger partial charge in [0.1, 0.15) is 17.3 Å². The number of hydrogen-bond acceptors (Lipinski definition) is 9. The number of carbonyl (C=O) groups is 1.